The van der Waals surface area contributed by atoms with Crippen LogP contribution < -0.4 is 15.8 Å². The van der Waals surface area contributed by atoms with Crippen LogP contribution in [0.15, 0.2) is 30.3 Å². The highest BCUT2D eigenvalue weighted by molar-refractivity contribution is 6.04. The van der Waals surface area contributed by atoms with E-state index in [1.165, 1.54) is 19.2 Å². The van der Waals surface area contributed by atoms with Gasteiger partial charge < -0.3 is 15.8 Å². The number of ether oxygens (including phenoxy) is 1. The van der Waals surface area contributed by atoms with Crippen molar-refractivity contribution in [3.05, 3.63) is 53.3 Å². The van der Waals surface area contributed by atoms with Crippen LogP contribution in [0, 0.1) is 17.5 Å². The van der Waals surface area contributed by atoms with Gasteiger partial charge in [-0.05, 0) is 24.3 Å². The summed E-state index contributed by atoms with van der Waals surface area (Å²) in [5.41, 5.74) is 3.94. The standard InChI is InChI=1S/C14H11F3N2O2/c1-21-8-2-3-9(15)12(6-8)19-14(20)7-4-10(16)13(18)11(17)5-7/h2-6H,18H2,1H3,(H,19,20). The van der Waals surface area contributed by atoms with E-state index in [9.17, 15) is 18.0 Å². The Balaban J connectivity index is 2.30. The zero-order chi connectivity index (χ0) is 15.6. The molecule has 7 heteroatoms. The molecule has 21 heavy (non-hydrogen) atoms. The van der Waals surface area contributed by atoms with E-state index < -0.39 is 29.0 Å². The van der Waals surface area contributed by atoms with E-state index >= 15 is 0 Å². The van der Waals surface area contributed by atoms with Crippen LogP contribution in [-0.4, -0.2) is 13.0 Å². The number of carbonyl (C=O) groups excluding carboxylic acids is 1. The molecule has 0 saturated heterocycles. The Morgan fingerprint density at radius 3 is 2.29 bits per heavy atom. The molecule has 0 aliphatic carbocycles. The summed E-state index contributed by atoms with van der Waals surface area (Å²) in [5, 5.41) is 2.21. The molecule has 0 fully saturated rings. The minimum Gasteiger partial charge on any atom is -0.497 e. The van der Waals surface area contributed by atoms with Crippen molar-refractivity contribution in [2.24, 2.45) is 0 Å². The van der Waals surface area contributed by atoms with Crippen LogP contribution in [0.5, 0.6) is 5.75 Å². The highest BCUT2D eigenvalue weighted by atomic mass is 19.1. The molecule has 0 aliphatic heterocycles. The molecule has 0 spiro atoms. The van der Waals surface area contributed by atoms with Gasteiger partial charge in [0, 0.05) is 11.6 Å². The van der Waals surface area contributed by atoms with Crippen molar-refractivity contribution in [1.82, 2.24) is 0 Å². The third-order valence-electron chi connectivity index (χ3n) is 2.76. The van der Waals surface area contributed by atoms with Crippen molar-refractivity contribution in [3.63, 3.8) is 0 Å². The molecule has 0 saturated carbocycles. The fraction of sp³-hybridized carbons (Fsp3) is 0.0714. The van der Waals surface area contributed by atoms with Crippen LogP contribution in [0.1, 0.15) is 10.4 Å². The van der Waals surface area contributed by atoms with Gasteiger partial charge in [-0.1, -0.05) is 0 Å². The molecule has 2 aromatic rings. The van der Waals surface area contributed by atoms with Gasteiger partial charge in [-0.15, -0.1) is 0 Å². The van der Waals surface area contributed by atoms with Crippen molar-refractivity contribution >= 4 is 17.3 Å². The van der Waals surface area contributed by atoms with Gasteiger partial charge in [-0.25, -0.2) is 13.2 Å². The second-order valence-corrected chi connectivity index (χ2v) is 4.15. The summed E-state index contributed by atoms with van der Waals surface area (Å²) in [6.45, 7) is 0. The predicted octanol–water partition coefficient (Wildman–Crippen LogP) is 2.95. The first-order valence-electron chi connectivity index (χ1n) is 5.81. The highest BCUT2D eigenvalue weighted by Crippen LogP contribution is 2.23. The number of nitrogens with two attached hydrogens (primary N) is 1. The molecular weight excluding hydrogens is 285 g/mol. The minimum atomic E-state index is -1.06. The van der Waals surface area contributed by atoms with E-state index in [1.54, 1.807) is 0 Å². The predicted molar refractivity (Wildman–Crippen MR) is 71.7 cm³/mol. The quantitative estimate of drug-likeness (QED) is 0.856. The van der Waals surface area contributed by atoms with Crippen molar-refractivity contribution in [2.75, 3.05) is 18.2 Å². The second kappa shape index (κ2) is 5.74. The van der Waals surface area contributed by atoms with Crippen LogP contribution in [0.3, 0.4) is 0 Å². The molecule has 2 rings (SSSR count). The molecule has 0 bridgehead atoms. The molecular formula is C14H11F3N2O2. The molecule has 0 unspecified atom stereocenters. The molecule has 110 valence electrons. The number of rotatable bonds is 3. The lowest BCUT2D eigenvalue weighted by atomic mass is 10.1. The number of hydrogen-bond acceptors (Lipinski definition) is 3. The molecule has 1 amide bonds. The number of anilines is 2. The lowest BCUT2D eigenvalue weighted by Gasteiger charge is -2.09. The number of carbonyl (C=O) groups is 1. The van der Waals surface area contributed by atoms with Gasteiger partial charge in [-0.3, -0.25) is 4.79 Å². The first-order chi connectivity index (χ1) is 9.92. The van der Waals surface area contributed by atoms with E-state index in [-0.39, 0.29) is 11.3 Å². The van der Waals surface area contributed by atoms with E-state index in [0.717, 1.165) is 18.2 Å². The second-order valence-electron chi connectivity index (χ2n) is 4.15. The Bertz CT molecular complexity index is 682. The number of methoxy groups -OCH3 is 1. The van der Waals surface area contributed by atoms with Crippen molar-refractivity contribution < 1.29 is 22.7 Å². The van der Waals surface area contributed by atoms with Gasteiger partial charge in [0.15, 0.2) is 0 Å². The summed E-state index contributed by atoms with van der Waals surface area (Å²) >= 11 is 0. The van der Waals surface area contributed by atoms with Crippen LogP contribution in [0.2, 0.25) is 0 Å². The van der Waals surface area contributed by atoms with Crippen molar-refractivity contribution in [3.8, 4) is 5.75 Å². The Morgan fingerprint density at radius 2 is 1.71 bits per heavy atom. The highest BCUT2D eigenvalue weighted by Gasteiger charge is 2.15. The molecule has 0 atom stereocenters. The molecule has 4 nitrogen and oxygen atoms in total. The van der Waals surface area contributed by atoms with Crippen LogP contribution >= 0.6 is 0 Å². The summed E-state index contributed by atoms with van der Waals surface area (Å²) in [6, 6.07) is 5.25. The number of halogens is 3. The molecule has 0 aromatic heterocycles. The van der Waals surface area contributed by atoms with Crippen molar-refractivity contribution in [1.29, 1.82) is 0 Å². The normalized spacial score (nSPS) is 10.3. The Labute approximate surface area is 118 Å². The fourth-order valence-electron chi connectivity index (χ4n) is 1.64. The molecule has 0 radical (unpaired) electrons. The van der Waals surface area contributed by atoms with Gasteiger partial charge >= 0.3 is 0 Å². The van der Waals surface area contributed by atoms with Crippen molar-refractivity contribution in [2.45, 2.75) is 0 Å². The first-order valence-corrected chi connectivity index (χ1v) is 5.81. The van der Waals surface area contributed by atoms with E-state index in [1.807, 2.05) is 0 Å². The van der Waals surface area contributed by atoms with E-state index in [4.69, 9.17) is 10.5 Å². The third-order valence-corrected chi connectivity index (χ3v) is 2.76. The summed E-state index contributed by atoms with van der Waals surface area (Å²) in [4.78, 5) is 11.9. The number of benzene rings is 2. The average Bonchev–Trinajstić information content (AvgIpc) is 2.46. The summed E-state index contributed by atoms with van der Waals surface area (Å²) < 4.78 is 45.1. The summed E-state index contributed by atoms with van der Waals surface area (Å²) in [5.74, 6) is -3.39. The number of amides is 1. The lowest BCUT2D eigenvalue weighted by molar-refractivity contribution is 0.102. The monoisotopic (exact) mass is 296 g/mol. The van der Waals surface area contributed by atoms with Gasteiger partial charge in [-0.2, -0.15) is 0 Å². The van der Waals surface area contributed by atoms with E-state index in [2.05, 4.69) is 5.32 Å². The van der Waals surface area contributed by atoms with Gasteiger partial charge in [0.05, 0.1) is 12.8 Å². The van der Waals surface area contributed by atoms with Crippen LogP contribution in [0.25, 0.3) is 0 Å². The third kappa shape index (κ3) is 3.07. The zero-order valence-corrected chi connectivity index (χ0v) is 10.9. The van der Waals surface area contributed by atoms with Crippen LogP contribution in [-0.2, 0) is 0 Å². The summed E-state index contributed by atoms with van der Waals surface area (Å²) in [7, 11) is 1.38. The van der Waals surface area contributed by atoms with E-state index in [0.29, 0.717) is 5.75 Å². The smallest absolute Gasteiger partial charge is 0.255 e. The Morgan fingerprint density at radius 1 is 1.10 bits per heavy atom. The molecule has 0 aliphatic rings. The maximum Gasteiger partial charge on any atom is 0.255 e. The largest absolute Gasteiger partial charge is 0.497 e. The molecule has 0 heterocycles. The van der Waals surface area contributed by atoms with Gasteiger partial charge in [0.2, 0.25) is 0 Å². The number of nitrogen functional groups attached to an aromatic ring is 1. The maximum atomic E-state index is 13.6. The number of hydrogen-bond donors (Lipinski definition) is 2. The lowest BCUT2D eigenvalue weighted by Crippen LogP contribution is -2.14. The topological polar surface area (TPSA) is 64.3 Å². The summed E-state index contributed by atoms with van der Waals surface area (Å²) in [6.07, 6.45) is 0. The van der Waals surface area contributed by atoms with Gasteiger partial charge in [0.1, 0.15) is 28.9 Å². The zero-order valence-electron chi connectivity index (χ0n) is 10.9. The Hall–Kier alpha value is -2.70. The average molecular weight is 296 g/mol. The molecule has 2 aromatic carbocycles. The van der Waals surface area contributed by atoms with Gasteiger partial charge in [0.25, 0.3) is 5.91 Å². The maximum absolute atomic E-state index is 13.6. The fourth-order valence-corrected chi connectivity index (χ4v) is 1.64. The molecule has 3 N–H and O–H groups in total. The SMILES string of the molecule is COc1ccc(F)c(NC(=O)c2cc(F)c(N)c(F)c2)c1. The Kier molecular flexibility index (Phi) is 4.02. The number of nitrogens with one attached hydrogen (secondary N) is 1. The van der Waals surface area contributed by atoms with Crippen LogP contribution in [0.4, 0.5) is 24.5 Å². The minimum absolute atomic E-state index is 0.169. The first kappa shape index (κ1) is 14.7.